The fraction of sp³-hybridized carbons (Fsp3) is 0.646. The molecule has 4 rings (SSSR count). The zero-order valence-electron chi connectivity index (χ0n) is 56.6. The molecule has 1 heterocycles. The van der Waals surface area contributed by atoms with Gasteiger partial charge < -0.3 is 66.8 Å². The normalized spacial score (nSPS) is 16.9. The van der Waals surface area contributed by atoms with Gasteiger partial charge in [-0.25, -0.2) is 18.0 Å². The zero-order valence-corrected chi connectivity index (χ0v) is 57.4. The van der Waals surface area contributed by atoms with Gasteiger partial charge in [-0.15, -0.1) is 0 Å². The van der Waals surface area contributed by atoms with E-state index in [-0.39, 0.29) is 69.9 Å². The number of urea groups is 1. The summed E-state index contributed by atoms with van der Waals surface area (Å²) in [7, 11) is 1.94. The van der Waals surface area contributed by atoms with Crippen LogP contribution < -0.4 is 42.4 Å². The number of carbonyl (C=O) groups excluding carboxylic acids is 10. The Balaban J connectivity index is 1.40. The Morgan fingerprint density at radius 2 is 1.30 bits per heavy atom. The molecule has 0 radical (unpaired) electrons. The van der Waals surface area contributed by atoms with E-state index in [2.05, 4.69) is 36.6 Å². The Morgan fingerprint density at radius 1 is 0.670 bits per heavy atom. The topological polar surface area (TPSA) is 390 Å². The number of sulfonamides is 1. The highest BCUT2D eigenvalue weighted by Gasteiger charge is 2.45. The van der Waals surface area contributed by atoms with Crippen LogP contribution in [0.2, 0.25) is 0 Å². The van der Waals surface area contributed by atoms with Crippen LogP contribution in [0, 0.1) is 29.6 Å². The maximum atomic E-state index is 14.7. The van der Waals surface area contributed by atoms with Gasteiger partial charge in [0.1, 0.15) is 36.8 Å². The average molecular weight is 1340 g/mol. The van der Waals surface area contributed by atoms with E-state index in [1.165, 1.54) is 26.2 Å². The first kappa shape index (κ1) is 78.5. The number of likely N-dealkylation sites (N-methyl/N-ethyl adjacent to an activating group) is 2. The van der Waals surface area contributed by atoms with Crippen LogP contribution in [0.1, 0.15) is 138 Å². The van der Waals surface area contributed by atoms with E-state index >= 15 is 0 Å². The molecular formula is C65H101N11O17S. The minimum Gasteiger partial charge on any atom is -0.481 e. The van der Waals surface area contributed by atoms with E-state index in [0.717, 1.165) is 4.90 Å². The lowest BCUT2D eigenvalue weighted by Crippen LogP contribution is -2.60. The summed E-state index contributed by atoms with van der Waals surface area (Å²) in [6.07, 6.45) is -0.743. The van der Waals surface area contributed by atoms with E-state index < -0.39 is 153 Å². The molecule has 1 aliphatic carbocycles. The van der Waals surface area contributed by atoms with Crippen molar-refractivity contribution in [2.45, 2.75) is 199 Å². The number of primary amides is 1. The molecule has 94 heavy (non-hydrogen) atoms. The van der Waals surface area contributed by atoms with E-state index in [1.54, 1.807) is 115 Å². The molecule has 0 spiro atoms. The molecule has 29 heteroatoms. The lowest BCUT2D eigenvalue weighted by atomic mass is 9.91. The van der Waals surface area contributed by atoms with Crippen molar-refractivity contribution in [2.24, 2.45) is 35.3 Å². The number of carboxylic acid groups (broad SMARTS) is 1. The lowest BCUT2D eigenvalue weighted by Gasteiger charge is -2.40. The predicted molar refractivity (Wildman–Crippen MR) is 349 cm³/mol. The number of methoxy groups -OCH3 is 2. The average Bonchev–Trinajstić information content (AvgIpc) is 1.50. The highest BCUT2D eigenvalue weighted by Crippen LogP contribution is 2.31. The summed E-state index contributed by atoms with van der Waals surface area (Å²) in [4.78, 5) is 151. The molecule has 0 unspecified atom stereocenters. The molecule has 2 aromatic carbocycles. The molecule has 524 valence electrons. The Kier molecular flexibility index (Phi) is 31.1. The van der Waals surface area contributed by atoms with Crippen molar-refractivity contribution in [3.05, 3.63) is 65.7 Å². The quantitative estimate of drug-likeness (QED) is 0.0434. The number of carbonyl (C=O) groups is 11. The van der Waals surface area contributed by atoms with Gasteiger partial charge in [-0.3, -0.25) is 52.8 Å². The van der Waals surface area contributed by atoms with Crippen LogP contribution in [0.3, 0.4) is 0 Å². The molecule has 1 aliphatic heterocycles. The number of anilines is 1. The molecule has 0 aromatic heterocycles. The van der Waals surface area contributed by atoms with Crippen LogP contribution in [0.4, 0.5) is 15.3 Å². The van der Waals surface area contributed by atoms with Gasteiger partial charge in [-0.2, -0.15) is 0 Å². The number of likely N-dealkylation sites (tertiary alicyclic amines) is 1. The van der Waals surface area contributed by atoms with Crippen LogP contribution >= 0.6 is 0 Å². The number of carboxylic acids is 1. The molecule has 1 saturated heterocycles. The van der Waals surface area contributed by atoms with Crippen LogP contribution in [0.5, 0.6) is 0 Å². The second kappa shape index (κ2) is 37.2. The first-order valence-corrected chi connectivity index (χ1v) is 33.7. The van der Waals surface area contributed by atoms with Gasteiger partial charge in [-0.05, 0) is 91.9 Å². The summed E-state index contributed by atoms with van der Waals surface area (Å²) in [5.74, 6) is -8.27. The monoisotopic (exact) mass is 1340 g/mol. The number of nitrogens with zero attached hydrogens (tertiary/aromatic N) is 3. The van der Waals surface area contributed by atoms with Gasteiger partial charge >= 0.3 is 18.1 Å². The van der Waals surface area contributed by atoms with Gasteiger partial charge in [0.2, 0.25) is 51.4 Å². The number of aliphatic carboxylic acids is 1. The van der Waals surface area contributed by atoms with E-state index in [4.69, 9.17) is 25.1 Å². The highest BCUT2D eigenvalue weighted by molar-refractivity contribution is 7.90. The first-order chi connectivity index (χ1) is 44.2. The molecule has 10 atom stereocenters. The van der Waals surface area contributed by atoms with Crippen molar-refractivity contribution in [1.29, 1.82) is 0 Å². The SMILES string of the molecule is CO[C@H]([C@@H](C)C(=O)N[C@@H](Cc1ccccc1)C(=O)NS(=O)(=O)C1CC1)[C@@H]1CCCN1C(=O)C[C@@H](OC)[C@H](C(C)C)N(C)C(=O)[C@@H](NC(=O)[C@H](C(C)C)N(C)C(=O)OCc1ccc(NC(=O)[C@H](CCCNC(N)=O)NC(=O)[C@@H](NC(=O)CCCC(=O)O)C(C)C)cc1)C(C)C. The van der Waals surface area contributed by atoms with Crippen molar-refractivity contribution in [2.75, 3.05) is 46.7 Å². The highest BCUT2D eigenvalue weighted by atomic mass is 32.2. The van der Waals surface area contributed by atoms with Crippen LogP contribution in [0.25, 0.3) is 0 Å². The molecule has 2 fully saturated rings. The third-order valence-corrected chi connectivity index (χ3v) is 18.8. The Morgan fingerprint density at radius 3 is 1.85 bits per heavy atom. The minimum absolute atomic E-state index is 0.0166. The van der Waals surface area contributed by atoms with Gasteiger partial charge in [0, 0.05) is 66.4 Å². The molecule has 28 nitrogen and oxygen atoms in total. The summed E-state index contributed by atoms with van der Waals surface area (Å²) in [6.45, 7) is 16.0. The maximum Gasteiger partial charge on any atom is 0.410 e. The Labute approximate surface area is 552 Å². The number of benzene rings is 2. The van der Waals surface area contributed by atoms with Crippen molar-refractivity contribution >= 4 is 81.1 Å². The van der Waals surface area contributed by atoms with Crippen molar-refractivity contribution in [1.82, 2.24) is 46.0 Å². The van der Waals surface area contributed by atoms with E-state index in [1.807, 2.05) is 13.8 Å². The lowest BCUT2D eigenvalue weighted by molar-refractivity contribution is -0.147. The third-order valence-electron chi connectivity index (χ3n) is 16.9. The van der Waals surface area contributed by atoms with E-state index in [0.29, 0.717) is 49.0 Å². The number of ether oxygens (including phenoxy) is 3. The number of hydrogen-bond acceptors (Lipinski definition) is 16. The van der Waals surface area contributed by atoms with Gasteiger partial charge in [0.25, 0.3) is 5.91 Å². The van der Waals surface area contributed by atoms with Crippen LogP contribution in [-0.2, 0) is 80.4 Å². The van der Waals surface area contributed by atoms with Gasteiger partial charge in [0.15, 0.2) is 0 Å². The van der Waals surface area contributed by atoms with Crippen LogP contribution in [-0.4, -0.2) is 195 Å². The fourth-order valence-electron chi connectivity index (χ4n) is 11.6. The fourth-order valence-corrected chi connectivity index (χ4v) is 13.0. The largest absolute Gasteiger partial charge is 0.481 e. The van der Waals surface area contributed by atoms with Crippen LogP contribution in [0.15, 0.2) is 54.6 Å². The zero-order chi connectivity index (χ0) is 70.3. The summed E-state index contributed by atoms with van der Waals surface area (Å²) in [5.41, 5.74) is 6.71. The van der Waals surface area contributed by atoms with Gasteiger partial charge in [-0.1, -0.05) is 105 Å². The number of amides is 11. The number of nitrogens with two attached hydrogens (primary N) is 1. The van der Waals surface area contributed by atoms with Crippen molar-refractivity contribution in [3.63, 3.8) is 0 Å². The molecular weight excluding hydrogens is 1240 g/mol. The maximum absolute atomic E-state index is 14.7. The third kappa shape index (κ3) is 23.8. The molecule has 1 saturated carbocycles. The molecule has 2 aromatic rings. The predicted octanol–water partition coefficient (Wildman–Crippen LogP) is 3.55. The Bertz CT molecular complexity index is 3020. The summed E-state index contributed by atoms with van der Waals surface area (Å²) in [5, 5.41) is 24.4. The summed E-state index contributed by atoms with van der Waals surface area (Å²) < 4.78 is 45.4. The number of hydrogen-bond donors (Lipinski definition) is 9. The molecule has 2 aliphatic rings. The Hall–Kier alpha value is -7.92. The first-order valence-electron chi connectivity index (χ1n) is 32.2. The smallest absolute Gasteiger partial charge is 0.410 e. The second-order valence-corrected chi connectivity index (χ2v) is 27.7. The molecule has 10 N–H and O–H groups in total. The number of nitrogens with one attached hydrogen (secondary N) is 7. The molecule has 11 amide bonds. The van der Waals surface area contributed by atoms with Crippen molar-refractivity contribution in [3.8, 4) is 0 Å². The standard InChI is InChI=1S/C65H101N11O17S/c1-37(2)53(71-50(77)24-17-25-52(79)80)61(84)69-46(22-18-32-67-64(66)87)59(82)68-44-28-26-43(27-29-44)36-93-65(88)75(11)56(40(7)8)62(85)72-54(38(3)4)63(86)74(10)55(39(5)6)49(91-12)35-51(78)76-33-19-23-48(76)57(92-13)41(9)58(81)70-47(34-42-20-15-14-16-21-42)60(83)73-94(89,90)45-30-31-45/h14-16,20-21,26-29,37-41,45-49,53-57H,17-19,22-25,30-36H2,1-13H3,(H,68,82)(H,69,84)(H,70,81)(H,71,77)(H,72,85)(H,73,83)(H,79,80)(H3,66,67,87)/t41-,46+,47+,48+,49-,53+,54+,55+,56+,57-/m1/s1. The second-order valence-electron chi connectivity index (χ2n) is 25.7. The van der Waals surface area contributed by atoms with E-state index in [9.17, 15) is 61.2 Å². The minimum atomic E-state index is -3.93. The van der Waals surface area contributed by atoms with Gasteiger partial charge in [0.05, 0.1) is 41.9 Å². The summed E-state index contributed by atoms with van der Waals surface area (Å²) in [6, 6.07) is 7.44. The van der Waals surface area contributed by atoms with Crippen molar-refractivity contribution < 1.29 is 80.5 Å². The molecule has 0 bridgehead atoms. The summed E-state index contributed by atoms with van der Waals surface area (Å²) >= 11 is 0. The number of rotatable bonds is 38.